The molecular formula is C15H16ClFN2O3. The quantitative estimate of drug-likeness (QED) is 0.640. The van der Waals surface area contributed by atoms with E-state index in [1.807, 2.05) is 4.57 Å². The number of imidazole rings is 1. The first-order valence-corrected chi connectivity index (χ1v) is 7.62. The third-order valence-electron chi connectivity index (χ3n) is 3.84. The van der Waals surface area contributed by atoms with Crippen molar-refractivity contribution in [1.82, 2.24) is 9.55 Å². The summed E-state index contributed by atoms with van der Waals surface area (Å²) < 4.78 is 26.3. The molecule has 3 rings (SSSR count). The van der Waals surface area contributed by atoms with Crippen LogP contribution >= 0.6 is 11.6 Å². The van der Waals surface area contributed by atoms with E-state index in [1.165, 1.54) is 7.11 Å². The smallest absolute Gasteiger partial charge is 0.338 e. The molecule has 1 atom stereocenters. The number of methoxy groups -OCH3 is 1. The van der Waals surface area contributed by atoms with Crippen molar-refractivity contribution in [3.05, 3.63) is 29.3 Å². The van der Waals surface area contributed by atoms with Crippen LogP contribution in [-0.4, -0.2) is 35.3 Å². The monoisotopic (exact) mass is 326 g/mol. The topological polar surface area (TPSA) is 53.3 Å². The zero-order valence-corrected chi connectivity index (χ0v) is 12.9. The van der Waals surface area contributed by atoms with Crippen molar-refractivity contribution in [2.45, 2.75) is 31.4 Å². The van der Waals surface area contributed by atoms with Crippen LogP contribution in [0, 0.1) is 5.82 Å². The molecule has 0 bridgehead atoms. The Morgan fingerprint density at radius 3 is 3.05 bits per heavy atom. The van der Waals surface area contributed by atoms with E-state index in [2.05, 4.69) is 9.72 Å². The summed E-state index contributed by atoms with van der Waals surface area (Å²) in [4.78, 5) is 15.9. The molecule has 0 spiro atoms. The number of hydrogen-bond donors (Lipinski definition) is 0. The summed E-state index contributed by atoms with van der Waals surface area (Å²) in [5.41, 5.74) is 0.898. The van der Waals surface area contributed by atoms with Crippen molar-refractivity contribution >= 4 is 28.6 Å². The van der Waals surface area contributed by atoms with Crippen LogP contribution in [0.4, 0.5) is 4.39 Å². The molecule has 0 aliphatic carbocycles. The van der Waals surface area contributed by atoms with Gasteiger partial charge in [0.05, 0.1) is 36.7 Å². The zero-order chi connectivity index (χ0) is 15.7. The van der Waals surface area contributed by atoms with Gasteiger partial charge in [0.25, 0.3) is 0 Å². The Hall–Kier alpha value is -1.66. The third kappa shape index (κ3) is 2.68. The summed E-state index contributed by atoms with van der Waals surface area (Å²) in [6.07, 6.45) is 2.01. The van der Waals surface area contributed by atoms with Gasteiger partial charge in [-0.05, 0) is 25.0 Å². The van der Waals surface area contributed by atoms with Crippen LogP contribution in [0.3, 0.4) is 0 Å². The number of rotatable bonds is 4. The van der Waals surface area contributed by atoms with E-state index >= 15 is 0 Å². The van der Waals surface area contributed by atoms with Crippen molar-refractivity contribution in [1.29, 1.82) is 0 Å². The number of esters is 1. The Morgan fingerprint density at radius 1 is 1.59 bits per heavy atom. The lowest BCUT2D eigenvalue weighted by Gasteiger charge is -2.13. The van der Waals surface area contributed by atoms with Gasteiger partial charge in [0, 0.05) is 6.61 Å². The third-order valence-corrected chi connectivity index (χ3v) is 4.08. The predicted molar refractivity (Wildman–Crippen MR) is 79.6 cm³/mol. The molecule has 0 radical (unpaired) electrons. The van der Waals surface area contributed by atoms with E-state index in [0.29, 0.717) is 17.9 Å². The highest BCUT2D eigenvalue weighted by Crippen LogP contribution is 2.25. The summed E-state index contributed by atoms with van der Waals surface area (Å²) in [5, 5.41) is 0. The molecule has 22 heavy (non-hydrogen) atoms. The highest BCUT2D eigenvalue weighted by atomic mass is 35.5. The minimum Gasteiger partial charge on any atom is -0.465 e. The maximum absolute atomic E-state index is 14.2. The molecule has 118 valence electrons. The van der Waals surface area contributed by atoms with Gasteiger partial charge in [-0.3, -0.25) is 0 Å². The number of hydrogen-bond acceptors (Lipinski definition) is 4. The number of ether oxygens (including phenoxy) is 2. The normalized spacial score (nSPS) is 18.0. The van der Waals surface area contributed by atoms with Gasteiger partial charge in [-0.15, -0.1) is 11.6 Å². The van der Waals surface area contributed by atoms with Crippen LogP contribution in [0.15, 0.2) is 12.1 Å². The molecule has 1 aromatic heterocycles. The summed E-state index contributed by atoms with van der Waals surface area (Å²) in [7, 11) is 1.26. The molecule has 1 fully saturated rings. The van der Waals surface area contributed by atoms with Crippen molar-refractivity contribution < 1.29 is 18.7 Å². The lowest BCUT2D eigenvalue weighted by Crippen LogP contribution is -2.16. The minimum atomic E-state index is -0.585. The number of benzene rings is 1. The maximum Gasteiger partial charge on any atom is 0.338 e. The van der Waals surface area contributed by atoms with Gasteiger partial charge in [0.2, 0.25) is 0 Å². The number of alkyl halides is 1. The van der Waals surface area contributed by atoms with Crippen LogP contribution in [0.25, 0.3) is 11.0 Å². The second-order valence-corrected chi connectivity index (χ2v) is 5.49. The van der Waals surface area contributed by atoms with E-state index in [4.69, 9.17) is 16.3 Å². The molecule has 1 aromatic carbocycles. The first-order chi connectivity index (χ1) is 10.6. The van der Waals surface area contributed by atoms with Gasteiger partial charge in [-0.25, -0.2) is 14.2 Å². The van der Waals surface area contributed by atoms with Crippen molar-refractivity contribution in [3.63, 3.8) is 0 Å². The van der Waals surface area contributed by atoms with Gasteiger partial charge in [-0.2, -0.15) is 0 Å². The average molecular weight is 327 g/mol. The fourth-order valence-corrected chi connectivity index (χ4v) is 2.97. The fourth-order valence-electron chi connectivity index (χ4n) is 2.76. The highest BCUT2D eigenvalue weighted by molar-refractivity contribution is 6.16. The lowest BCUT2D eigenvalue weighted by atomic mass is 10.2. The van der Waals surface area contributed by atoms with Crippen LogP contribution < -0.4 is 0 Å². The second kappa shape index (κ2) is 6.22. The molecular weight excluding hydrogens is 311 g/mol. The van der Waals surface area contributed by atoms with Crippen LogP contribution in [-0.2, 0) is 21.9 Å². The van der Waals surface area contributed by atoms with Gasteiger partial charge in [0.1, 0.15) is 11.3 Å². The zero-order valence-electron chi connectivity index (χ0n) is 12.1. The standard InChI is InChI=1S/C15H16ClFN2O3/c1-21-15(20)9-5-11(17)14-12(6-9)19(13(7-16)18-14)8-10-3-2-4-22-10/h5-6,10H,2-4,7-8H2,1H3/t10-/m0/s1. The summed E-state index contributed by atoms with van der Waals surface area (Å²) in [6.45, 7) is 1.28. The molecule has 2 heterocycles. The Morgan fingerprint density at radius 2 is 2.41 bits per heavy atom. The number of aromatic nitrogens is 2. The molecule has 7 heteroatoms. The van der Waals surface area contributed by atoms with E-state index in [0.717, 1.165) is 25.5 Å². The molecule has 0 saturated carbocycles. The second-order valence-electron chi connectivity index (χ2n) is 5.22. The predicted octanol–water partition coefficient (Wildman–Crippen LogP) is 2.88. The van der Waals surface area contributed by atoms with E-state index in [1.54, 1.807) is 6.07 Å². The Balaban J connectivity index is 2.10. The van der Waals surface area contributed by atoms with Gasteiger partial charge < -0.3 is 14.0 Å². The first-order valence-electron chi connectivity index (χ1n) is 7.08. The number of carbonyl (C=O) groups excluding carboxylic acids is 1. The summed E-state index contributed by atoms with van der Waals surface area (Å²) in [5.74, 6) is -0.421. The Labute approximate surface area is 132 Å². The summed E-state index contributed by atoms with van der Waals surface area (Å²) in [6, 6.07) is 2.72. The first kappa shape index (κ1) is 15.2. The molecule has 1 saturated heterocycles. The molecule has 0 N–H and O–H groups in total. The largest absolute Gasteiger partial charge is 0.465 e. The molecule has 0 amide bonds. The SMILES string of the molecule is COC(=O)c1cc(F)c2nc(CCl)n(C[C@@H]3CCCO3)c2c1. The Bertz CT molecular complexity index is 710. The molecule has 1 aliphatic rings. The fraction of sp³-hybridized carbons (Fsp3) is 0.467. The van der Waals surface area contributed by atoms with Gasteiger partial charge >= 0.3 is 5.97 Å². The Kier molecular flexibility index (Phi) is 4.31. The van der Waals surface area contributed by atoms with Crippen LogP contribution in [0.1, 0.15) is 29.0 Å². The molecule has 2 aromatic rings. The van der Waals surface area contributed by atoms with Crippen molar-refractivity contribution in [2.75, 3.05) is 13.7 Å². The van der Waals surface area contributed by atoms with Crippen molar-refractivity contribution in [2.24, 2.45) is 0 Å². The minimum absolute atomic E-state index is 0.0595. The lowest BCUT2D eigenvalue weighted by molar-refractivity contribution is 0.0600. The molecule has 5 nitrogen and oxygen atoms in total. The van der Waals surface area contributed by atoms with Crippen LogP contribution in [0.5, 0.6) is 0 Å². The number of carbonyl (C=O) groups is 1. The average Bonchev–Trinajstić information content (AvgIpc) is 3.15. The number of fused-ring (bicyclic) bond motifs is 1. The maximum atomic E-state index is 14.2. The van der Waals surface area contributed by atoms with Gasteiger partial charge in [-0.1, -0.05) is 0 Å². The number of nitrogens with zero attached hydrogens (tertiary/aromatic N) is 2. The van der Waals surface area contributed by atoms with Crippen molar-refractivity contribution in [3.8, 4) is 0 Å². The molecule has 0 unspecified atom stereocenters. The number of halogens is 2. The van der Waals surface area contributed by atoms with Crippen LogP contribution in [0.2, 0.25) is 0 Å². The van der Waals surface area contributed by atoms with E-state index in [-0.39, 0.29) is 23.1 Å². The molecule has 1 aliphatic heterocycles. The van der Waals surface area contributed by atoms with Gasteiger partial charge in [0.15, 0.2) is 5.82 Å². The van der Waals surface area contributed by atoms with E-state index < -0.39 is 11.8 Å². The van der Waals surface area contributed by atoms with E-state index in [9.17, 15) is 9.18 Å². The highest BCUT2D eigenvalue weighted by Gasteiger charge is 2.22. The summed E-state index contributed by atoms with van der Waals surface area (Å²) >= 11 is 5.93.